The molecular weight excluding hydrogens is 439 g/mol. The number of nitrogens with zero attached hydrogens (tertiary/aromatic N) is 4. The number of aromatic nitrogens is 2. The summed E-state index contributed by atoms with van der Waals surface area (Å²) in [6.45, 7) is 6.60. The number of rotatable bonds is 4. The van der Waals surface area contributed by atoms with E-state index in [1.54, 1.807) is 12.3 Å². The Balaban J connectivity index is 1.46. The monoisotopic (exact) mass is 460 g/mol. The van der Waals surface area contributed by atoms with Gasteiger partial charge in [-0.25, -0.2) is 9.97 Å². The molecule has 1 saturated heterocycles. The van der Waals surface area contributed by atoms with E-state index in [1.165, 1.54) is 16.9 Å². The summed E-state index contributed by atoms with van der Waals surface area (Å²) in [5.74, 6) is 0.746. The molecule has 8 heteroatoms. The molecule has 0 radical (unpaired) electrons. The molecule has 4 rings (SSSR count). The topological polar surface area (TPSA) is 49.3 Å². The maximum absolute atomic E-state index is 13.1. The van der Waals surface area contributed by atoms with E-state index < -0.39 is 0 Å². The lowest BCUT2D eigenvalue weighted by Gasteiger charge is -2.35. The normalized spacial score (nSPS) is 14.3. The van der Waals surface area contributed by atoms with E-state index in [1.807, 2.05) is 11.8 Å². The fourth-order valence-corrected chi connectivity index (χ4v) is 5.05. The highest BCUT2D eigenvalue weighted by Crippen LogP contribution is 2.30. The maximum Gasteiger partial charge on any atom is 0.265 e. The fraction of sp³-hybridized carbons (Fsp3) is 0.318. The first-order valence-electron chi connectivity index (χ1n) is 9.88. The zero-order valence-corrected chi connectivity index (χ0v) is 19.2. The van der Waals surface area contributed by atoms with E-state index in [9.17, 15) is 4.79 Å². The quantitative estimate of drug-likeness (QED) is 0.526. The average molecular weight is 461 g/mol. The molecule has 5 nitrogen and oxygen atoms in total. The largest absolute Gasteiger partial charge is 0.352 e. The number of benzene rings is 1. The van der Waals surface area contributed by atoms with Crippen molar-refractivity contribution in [1.82, 2.24) is 14.9 Å². The number of hydrogen-bond donors (Lipinski definition) is 0. The lowest BCUT2D eigenvalue weighted by Crippen LogP contribution is -2.49. The summed E-state index contributed by atoms with van der Waals surface area (Å²) < 4.78 is 0. The van der Waals surface area contributed by atoms with E-state index >= 15 is 0 Å². The summed E-state index contributed by atoms with van der Waals surface area (Å²) in [5.41, 5.74) is 3.12. The van der Waals surface area contributed by atoms with Gasteiger partial charge in [-0.2, -0.15) is 0 Å². The Bertz CT molecular complexity index is 1060. The number of hydrogen-bond acceptors (Lipinski definition) is 5. The van der Waals surface area contributed by atoms with Gasteiger partial charge in [0.2, 0.25) is 0 Å². The lowest BCUT2D eigenvalue weighted by molar-refractivity contribution is 0.0750. The van der Waals surface area contributed by atoms with Gasteiger partial charge in [-0.1, -0.05) is 54.4 Å². The van der Waals surface area contributed by atoms with Crippen molar-refractivity contribution in [1.29, 1.82) is 0 Å². The van der Waals surface area contributed by atoms with Crippen molar-refractivity contribution < 1.29 is 4.79 Å². The van der Waals surface area contributed by atoms with Crippen LogP contribution in [0.5, 0.6) is 0 Å². The van der Waals surface area contributed by atoms with Crippen molar-refractivity contribution in [2.45, 2.75) is 20.3 Å². The molecule has 156 valence electrons. The summed E-state index contributed by atoms with van der Waals surface area (Å²) in [6.07, 6.45) is 2.60. The molecule has 0 atom stereocenters. The van der Waals surface area contributed by atoms with Gasteiger partial charge in [0.05, 0.1) is 15.7 Å². The third-order valence-corrected chi connectivity index (χ3v) is 6.93. The highest BCUT2D eigenvalue weighted by Gasteiger charge is 2.27. The van der Waals surface area contributed by atoms with E-state index in [2.05, 4.69) is 46.1 Å². The number of anilines is 1. The SMILES string of the molecule is CCc1ccc(-c2nc(C)c(C(=O)N3CCN(c4ncc(Cl)cc4Cl)CC3)s2)cc1. The maximum atomic E-state index is 13.1. The van der Waals surface area contributed by atoms with Crippen LogP contribution in [-0.2, 0) is 6.42 Å². The zero-order valence-electron chi connectivity index (χ0n) is 16.9. The third-order valence-electron chi connectivity index (χ3n) is 5.25. The summed E-state index contributed by atoms with van der Waals surface area (Å²) in [4.78, 5) is 26.8. The Hall–Kier alpha value is -2.15. The highest BCUT2D eigenvalue weighted by molar-refractivity contribution is 7.17. The number of piperazine rings is 1. The molecule has 1 aliphatic rings. The molecule has 0 saturated carbocycles. The number of amides is 1. The standard InChI is InChI=1S/C22H22Cl2N4OS/c1-3-15-4-6-16(7-5-15)21-26-14(2)19(30-21)22(29)28-10-8-27(9-11-28)20-18(24)12-17(23)13-25-20/h4-7,12-13H,3,8-11H2,1-2H3. The summed E-state index contributed by atoms with van der Waals surface area (Å²) in [5, 5.41) is 1.92. The van der Waals surface area contributed by atoms with Crippen molar-refractivity contribution in [2.24, 2.45) is 0 Å². The lowest BCUT2D eigenvalue weighted by atomic mass is 10.1. The minimum atomic E-state index is 0.0382. The first-order chi connectivity index (χ1) is 14.5. The molecule has 3 aromatic rings. The van der Waals surface area contributed by atoms with Crippen molar-refractivity contribution in [3.63, 3.8) is 0 Å². The molecule has 3 heterocycles. The first-order valence-corrected chi connectivity index (χ1v) is 11.5. The Morgan fingerprint density at radius 3 is 2.47 bits per heavy atom. The number of carbonyl (C=O) groups is 1. The molecule has 30 heavy (non-hydrogen) atoms. The molecule has 1 amide bonds. The summed E-state index contributed by atoms with van der Waals surface area (Å²) in [6, 6.07) is 10.1. The van der Waals surface area contributed by atoms with Crippen molar-refractivity contribution in [2.75, 3.05) is 31.1 Å². The molecule has 2 aromatic heterocycles. The fourth-order valence-electron chi connectivity index (χ4n) is 3.51. The van der Waals surface area contributed by atoms with Gasteiger partial charge in [-0.3, -0.25) is 4.79 Å². The second-order valence-electron chi connectivity index (χ2n) is 7.22. The Kier molecular flexibility index (Phi) is 6.27. The summed E-state index contributed by atoms with van der Waals surface area (Å²) in [7, 11) is 0. The van der Waals surface area contributed by atoms with Crippen LogP contribution in [0, 0.1) is 6.92 Å². The van der Waals surface area contributed by atoms with Gasteiger partial charge in [0.1, 0.15) is 15.7 Å². The Labute approximate surface area is 190 Å². The second kappa shape index (κ2) is 8.92. The van der Waals surface area contributed by atoms with Gasteiger partial charge in [-0.15, -0.1) is 11.3 Å². The van der Waals surface area contributed by atoms with Crippen LogP contribution in [0.3, 0.4) is 0 Å². The minimum absolute atomic E-state index is 0.0382. The molecule has 1 fully saturated rings. The third kappa shape index (κ3) is 4.31. The number of thiazole rings is 1. The Morgan fingerprint density at radius 2 is 1.83 bits per heavy atom. The van der Waals surface area contributed by atoms with Crippen LogP contribution in [-0.4, -0.2) is 47.0 Å². The molecule has 0 aliphatic carbocycles. The van der Waals surface area contributed by atoms with Crippen LogP contribution in [0.25, 0.3) is 10.6 Å². The van der Waals surface area contributed by atoms with Crippen LogP contribution < -0.4 is 4.90 Å². The van der Waals surface area contributed by atoms with E-state index in [0.717, 1.165) is 22.7 Å². The van der Waals surface area contributed by atoms with Gasteiger partial charge >= 0.3 is 0 Å². The van der Waals surface area contributed by atoms with Gasteiger partial charge in [0, 0.05) is 37.9 Å². The van der Waals surface area contributed by atoms with Crippen molar-refractivity contribution >= 4 is 46.3 Å². The van der Waals surface area contributed by atoms with Gasteiger partial charge < -0.3 is 9.80 Å². The van der Waals surface area contributed by atoms with Crippen molar-refractivity contribution in [3.05, 3.63) is 62.7 Å². The highest BCUT2D eigenvalue weighted by atomic mass is 35.5. The van der Waals surface area contributed by atoms with Gasteiger partial charge in [0.15, 0.2) is 0 Å². The second-order valence-corrected chi connectivity index (χ2v) is 9.06. The zero-order chi connectivity index (χ0) is 21.3. The number of aryl methyl sites for hydroxylation is 2. The van der Waals surface area contributed by atoms with Crippen LogP contribution in [0.4, 0.5) is 5.82 Å². The number of carbonyl (C=O) groups excluding carboxylic acids is 1. The van der Waals surface area contributed by atoms with Gasteiger partial charge in [-0.05, 0) is 25.0 Å². The molecular formula is C22H22Cl2N4OS. The molecule has 1 aromatic carbocycles. The van der Waals surface area contributed by atoms with Crippen LogP contribution in [0.2, 0.25) is 10.0 Å². The molecule has 0 N–H and O–H groups in total. The predicted octanol–water partition coefficient (Wildman–Crippen LogP) is 5.35. The van der Waals surface area contributed by atoms with E-state index in [-0.39, 0.29) is 5.91 Å². The van der Waals surface area contributed by atoms with Crippen molar-refractivity contribution in [3.8, 4) is 10.6 Å². The van der Waals surface area contributed by atoms with E-state index in [0.29, 0.717) is 46.9 Å². The molecule has 0 bridgehead atoms. The van der Waals surface area contributed by atoms with Crippen LogP contribution >= 0.6 is 34.5 Å². The average Bonchev–Trinajstić information content (AvgIpc) is 3.15. The molecule has 0 unspecified atom stereocenters. The predicted molar refractivity (Wildman–Crippen MR) is 124 cm³/mol. The molecule has 1 aliphatic heterocycles. The Morgan fingerprint density at radius 1 is 1.13 bits per heavy atom. The van der Waals surface area contributed by atoms with Crippen LogP contribution in [0.1, 0.15) is 27.9 Å². The van der Waals surface area contributed by atoms with Crippen LogP contribution in [0.15, 0.2) is 36.5 Å². The van der Waals surface area contributed by atoms with Gasteiger partial charge in [0.25, 0.3) is 5.91 Å². The minimum Gasteiger partial charge on any atom is -0.352 e. The van der Waals surface area contributed by atoms with E-state index in [4.69, 9.17) is 23.2 Å². The smallest absolute Gasteiger partial charge is 0.265 e. The number of pyridine rings is 1. The molecule has 0 spiro atoms. The first kappa shape index (κ1) is 21.1. The summed E-state index contributed by atoms with van der Waals surface area (Å²) >= 11 is 13.7. The number of halogens is 2.